The second-order valence-corrected chi connectivity index (χ2v) is 4.24. The van der Waals surface area contributed by atoms with Crippen LogP contribution in [0, 0.1) is 0 Å². The number of methoxy groups -OCH3 is 3. The van der Waals surface area contributed by atoms with Crippen LogP contribution in [0.15, 0.2) is 18.2 Å². The maximum absolute atomic E-state index is 11.1. The molecule has 19 heavy (non-hydrogen) atoms. The fourth-order valence-corrected chi connectivity index (χ4v) is 1.73. The summed E-state index contributed by atoms with van der Waals surface area (Å²) in [5.74, 6) is 1.33. The molecule has 106 valence electrons. The van der Waals surface area contributed by atoms with Crippen LogP contribution in [-0.4, -0.2) is 52.3 Å². The Hall–Kier alpha value is -1.75. The third kappa shape index (κ3) is 4.79. The molecule has 0 radical (unpaired) electrons. The fraction of sp³-hybridized carbons (Fsp3) is 0.500. The minimum absolute atomic E-state index is 0.232. The molecule has 0 bridgehead atoms. The Kier molecular flexibility index (Phi) is 6.15. The molecule has 0 N–H and O–H groups in total. The van der Waals surface area contributed by atoms with E-state index in [4.69, 9.17) is 9.47 Å². The highest BCUT2D eigenvalue weighted by Crippen LogP contribution is 2.24. The Morgan fingerprint density at radius 2 is 1.95 bits per heavy atom. The van der Waals surface area contributed by atoms with Crippen molar-refractivity contribution in [2.45, 2.75) is 6.42 Å². The monoisotopic (exact) mass is 267 g/mol. The first kappa shape index (κ1) is 15.3. The molecule has 0 aromatic heterocycles. The predicted molar refractivity (Wildman–Crippen MR) is 72.8 cm³/mol. The van der Waals surface area contributed by atoms with E-state index in [1.54, 1.807) is 14.2 Å². The average molecular weight is 267 g/mol. The summed E-state index contributed by atoms with van der Waals surface area (Å²) in [6, 6.07) is 5.73. The summed E-state index contributed by atoms with van der Waals surface area (Å²) in [6.45, 7) is 1.03. The van der Waals surface area contributed by atoms with E-state index >= 15 is 0 Å². The number of benzene rings is 1. The highest BCUT2D eigenvalue weighted by atomic mass is 16.5. The summed E-state index contributed by atoms with van der Waals surface area (Å²) in [7, 11) is 6.53. The standard InChI is InChI=1S/C14H21NO4/c1-15(10-14(16)19-4)8-7-11-5-6-12(17-2)9-13(11)18-3/h5-6,9H,7-8,10H2,1-4H3. The van der Waals surface area contributed by atoms with Crippen LogP contribution >= 0.6 is 0 Å². The summed E-state index contributed by atoms with van der Waals surface area (Å²) in [6.07, 6.45) is 0.792. The largest absolute Gasteiger partial charge is 0.497 e. The normalized spacial score (nSPS) is 10.4. The third-order valence-electron chi connectivity index (χ3n) is 2.88. The van der Waals surface area contributed by atoms with E-state index in [1.807, 2.05) is 30.1 Å². The predicted octanol–water partition coefficient (Wildman–Crippen LogP) is 1.35. The van der Waals surface area contributed by atoms with Crippen LogP contribution in [0.3, 0.4) is 0 Å². The van der Waals surface area contributed by atoms with Gasteiger partial charge >= 0.3 is 5.97 Å². The van der Waals surface area contributed by atoms with Crippen molar-refractivity contribution in [1.29, 1.82) is 0 Å². The topological polar surface area (TPSA) is 48.0 Å². The maximum atomic E-state index is 11.1. The molecule has 0 atom stereocenters. The number of carbonyl (C=O) groups is 1. The van der Waals surface area contributed by atoms with Gasteiger partial charge in [-0.3, -0.25) is 9.69 Å². The van der Waals surface area contributed by atoms with E-state index in [2.05, 4.69) is 4.74 Å². The quantitative estimate of drug-likeness (QED) is 0.698. The molecular formula is C14H21NO4. The summed E-state index contributed by atoms with van der Waals surface area (Å²) in [4.78, 5) is 13.0. The average Bonchev–Trinajstić information content (AvgIpc) is 2.44. The van der Waals surface area contributed by atoms with Crippen molar-refractivity contribution in [3.63, 3.8) is 0 Å². The maximum Gasteiger partial charge on any atom is 0.319 e. The summed E-state index contributed by atoms with van der Waals surface area (Å²) >= 11 is 0. The Balaban J connectivity index is 2.59. The SMILES string of the molecule is COC(=O)CN(C)CCc1ccc(OC)cc1OC. The lowest BCUT2D eigenvalue weighted by Crippen LogP contribution is -2.28. The van der Waals surface area contributed by atoms with Crippen LogP contribution in [0.4, 0.5) is 0 Å². The molecule has 1 aromatic carbocycles. The third-order valence-corrected chi connectivity index (χ3v) is 2.88. The van der Waals surface area contributed by atoms with Gasteiger partial charge in [-0.25, -0.2) is 0 Å². The van der Waals surface area contributed by atoms with Gasteiger partial charge < -0.3 is 14.2 Å². The molecule has 5 heteroatoms. The van der Waals surface area contributed by atoms with Crippen LogP contribution < -0.4 is 9.47 Å². The van der Waals surface area contributed by atoms with Crippen LogP contribution in [0.2, 0.25) is 0 Å². The second kappa shape index (κ2) is 7.63. The molecule has 0 amide bonds. The van der Waals surface area contributed by atoms with Gasteiger partial charge in [0.05, 0.1) is 27.9 Å². The van der Waals surface area contributed by atoms with Crippen molar-refractivity contribution in [2.75, 3.05) is 41.5 Å². The highest BCUT2D eigenvalue weighted by molar-refractivity contribution is 5.71. The van der Waals surface area contributed by atoms with Gasteiger partial charge in [0.15, 0.2) is 0 Å². The first-order chi connectivity index (χ1) is 9.10. The van der Waals surface area contributed by atoms with Gasteiger partial charge in [0.25, 0.3) is 0 Å². The zero-order chi connectivity index (χ0) is 14.3. The molecular weight excluding hydrogens is 246 g/mol. The van der Waals surface area contributed by atoms with Crippen LogP contribution in [-0.2, 0) is 16.0 Å². The molecule has 0 saturated carbocycles. The number of likely N-dealkylation sites (N-methyl/N-ethyl adjacent to an activating group) is 1. The Labute approximate surface area is 114 Å². The zero-order valence-electron chi connectivity index (χ0n) is 11.9. The number of hydrogen-bond donors (Lipinski definition) is 0. The first-order valence-electron chi connectivity index (χ1n) is 6.07. The summed E-state index contributed by atoms with van der Waals surface area (Å²) in [5.41, 5.74) is 1.08. The van der Waals surface area contributed by atoms with Crippen LogP contribution in [0.25, 0.3) is 0 Å². The minimum Gasteiger partial charge on any atom is -0.497 e. The molecule has 0 aliphatic heterocycles. The van der Waals surface area contributed by atoms with E-state index in [0.717, 1.165) is 30.0 Å². The Morgan fingerprint density at radius 3 is 2.53 bits per heavy atom. The van der Waals surface area contributed by atoms with E-state index in [9.17, 15) is 4.79 Å². The van der Waals surface area contributed by atoms with E-state index in [1.165, 1.54) is 7.11 Å². The Morgan fingerprint density at radius 1 is 1.21 bits per heavy atom. The first-order valence-corrected chi connectivity index (χ1v) is 6.07. The summed E-state index contributed by atoms with van der Waals surface area (Å²) < 4.78 is 15.1. The lowest BCUT2D eigenvalue weighted by atomic mass is 10.1. The molecule has 1 rings (SSSR count). The van der Waals surface area contributed by atoms with Crippen LogP contribution in [0.1, 0.15) is 5.56 Å². The van der Waals surface area contributed by atoms with Crippen molar-refractivity contribution in [3.05, 3.63) is 23.8 Å². The molecule has 0 saturated heterocycles. The van der Waals surface area contributed by atoms with Crippen molar-refractivity contribution in [3.8, 4) is 11.5 Å². The van der Waals surface area contributed by atoms with Gasteiger partial charge in [0.1, 0.15) is 11.5 Å². The van der Waals surface area contributed by atoms with Crippen molar-refractivity contribution >= 4 is 5.97 Å². The smallest absolute Gasteiger partial charge is 0.319 e. The van der Waals surface area contributed by atoms with E-state index < -0.39 is 0 Å². The van der Waals surface area contributed by atoms with Gasteiger partial charge in [-0.1, -0.05) is 6.07 Å². The molecule has 5 nitrogen and oxygen atoms in total. The number of hydrogen-bond acceptors (Lipinski definition) is 5. The molecule has 0 unspecified atom stereocenters. The second-order valence-electron chi connectivity index (χ2n) is 4.24. The van der Waals surface area contributed by atoms with E-state index in [-0.39, 0.29) is 12.5 Å². The Bertz CT molecular complexity index is 420. The van der Waals surface area contributed by atoms with Gasteiger partial charge in [0.2, 0.25) is 0 Å². The number of esters is 1. The number of rotatable bonds is 7. The minimum atomic E-state index is -0.232. The molecule has 0 aliphatic carbocycles. The molecule has 0 fully saturated rings. The lowest BCUT2D eigenvalue weighted by Gasteiger charge is -2.16. The van der Waals surface area contributed by atoms with Gasteiger partial charge in [-0.15, -0.1) is 0 Å². The summed E-state index contributed by atoms with van der Waals surface area (Å²) in [5, 5.41) is 0. The van der Waals surface area contributed by atoms with Gasteiger partial charge in [-0.2, -0.15) is 0 Å². The van der Waals surface area contributed by atoms with E-state index in [0.29, 0.717) is 0 Å². The molecule has 0 heterocycles. The number of ether oxygens (including phenoxy) is 3. The fourth-order valence-electron chi connectivity index (χ4n) is 1.73. The molecule has 0 aliphatic rings. The number of nitrogens with zero attached hydrogens (tertiary/aromatic N) is 1. The van der Waals surface area contributed by atoms with Crippen molar-refractivity contribution in [2.24, 2.45) is 0 Å². The number of carbonyl (C=O) groups excluding carboxylic acids is 1. The van der Waals surface area contributed by atoms with Gasteiger partial charge in [-0.05, 0) is 25.1 Å². The van der Waals surface area contributed by atoms with Crippen LogP contribution in [0.5, 0.6) is 11.5 Å². The van der Waals surface area contributed by atoms with Crippen molar-refractivity contribution in [1.82, 2.24) is 4.90 Å². The zero-order valence-corrected chi connectivity index (χ0v) is 11.9. The van der Waals surface area contributed by atoms with Crippen molar-refractivity contribution < 1.29 is 19.0 Å². The van der Waals surface area contributed by atoms with Gasteiger partial charge in [0, 0.05) is 12.6 Å². The molecule has 0 spiro atoms. The lowest BCUT2D eigenvalue weighted by molar-refractivity contribution is -0.141. The highest BCUT2D eigenvalue weighted by Gasteiger charge is 2.09. The molecule has 1 aromatic rings.